The highest BCUT2D eigenvalue weighted by Gasteiger charge is 2.30. The molecule has 0 bridgehead atoms. The van der Waals surface area contributed by atoms with Crippen LogP contribution in [-0.4, -0.2) is 24.5 Å². The summed E-state index contributed by atoms with van der Waals surface area (Å²) in [6.45, 7) is 5.07. The number of carbonyl (C=O) groups is 2. The van der Waals surface area contributed by atoms with Crippen molar-refractivity contribution in [3.8, 4) is 5.75 Å². The monoisotopic (exact) mass is 250 g/mol. The van der Waals surface area contributed by atoms with Crippen LogP contribution in [0.25, 0.3) is 0 Å². The van der Waals surface area contributed by atoms with Gasteiger partial charge in [-0.05, 0) is 38.1 Å². The van der Waals surface area contributed by atoms with Crippen molar-refractivity contribution in [3.63, 3.8) is 0 Å². The summed E-state index contributed by atoms with van der Waals surface area (Å²) >= 11 is 0. The molecular formula is C14H18O4. The summed E-state index contributed by atoms with van der Waals surface area (Å²) in [7, 11) is 1.32. The number of hydrogen-bond acceptors (Lipinski definition) is 4. The first-order chi connectivity index (χ1) is 8.40. The molecule has 0 atom stereocenters. The van der Waals surface area contributed by atoms with Gasteiger partial charge in [-0.3, -0.25) is 4.79 Å². The topological polar surface area (TPSA) is 52.6 Å². The molecular weight excluding hydrogens is 232 g/mol. The van der Waals surface area contributed by atoms with Crippen LogP contribution in [0.5, 0.6) is 5.75 Å². The molecule has 0 aliphatic rings. The van der Waals surface area contributed by atoms with Gasteiger partial charge in [-0.25, -0.2) is 4.79 Å². The zero-order valence-electron chi connectivity index (χ0n) is 11.1. The van der Waals surface area contributed by atoms with Crippen molar-refractivity contribution in [3.05, 3.63) is 29.8 Å². The Balaban J connectivity index is 2.81. The molecule has 4 heteroatoms. The van der Waals surface area contributed by atoms with E-state index < -0.39 is 11.6 Å². The van der Waals surface area contributed by atoms with E-state index in [1.54, 1.807) is 38.1 Å². The van der Waals surface area contributed by atoms with Gasteiger partial charge in [-0.2, -0.15) is 0 Å². The van der Waals surface area contributed by atoms with E-state index in [1.807, 2.05) is 6.92 Å². The lowest BCUT2D eigenvalue weighted by Gasteiger charge is -2.23. The van der Waals surface area contributed by atoms with Crippen molar-refractivity contribution < 1.29 is 19.1 Å². The Bertz CT molecular complexity index is 432. The smallest absolute Gasteiger partial charge is 0.349 e. The molecule has 0 unspecified atom stereocenters. The number of benzene rings is 1. The first-order valence-corrected chi connectivity index (χ1v) is 5.81. The van der Waals surface area contributed by atoms with E-state index in [4.69, 9.17) is 4.74 Å². The molecule has 0 aliphatic carbocycles. The Morgan fingerprint density at radius 2 is 1.72 bits per heavy atom. The van der Waals surface area contributed by atoms with Gasteiger partial charge >= 0.3 is 5.97 Å². The van der Waals surface area contributed by atoms with Gasteiger partial charge in [0.2, 0.25) is 0 Å². The molecule has 0 aromatic heterocycles. The number of rotatable bonds is 5. The molecule has 0 amide bonds. The summed E-state index contributed by atoms with van der Waals surface area (Å²) in [4.78, 5) is 22.9. The van der Waals surface area contributed by atoms with E-state index in [1.165, 1.54) is 7.11 Å². The minimum absolute atomic E-state index is 0.0776. The van der Waals surface area contributed by atoms with Gasteiger partial charge in [0.15, 0.2) is 11.4 Å². The van der Waals surface area contributed by atoms with Crippen LogP contribution in [0.4, 0.5) is 0 Å². The summed E-state index contributed by atoms with van der Waals surface area (Å²) in [5, 5.41) is 0. The average molecular weight is 250 g/mol. The maximum atomic E-state index is 11.5. The molecule has 0 fully saturated rings. The van der Waals surface area contributed by atoms with Gasteiger partial charge in [0.25, 0.3) is 0 Å². The lowest BCUT2D eigenvalue weighted by molar-refractivity contribution is -0.156. The lowest BCUT2D eigenvalue weighted by atomic mass is 10.1. The van der Waals surface area contributed by atoms with Crippen molar-refractivity contribution in [2.24, 2.45) is 0 Å². The van der Waals surface area contributed by atoms with Crippen LogP contribution in [0, 0.1) is 0 Å². The van der Waals surface area contributed by atoms with Crippen molar-refractivity contribution in [2.75, 3.05) is 7.11 Å². The first kappa shape index (κ1) is 14.2. The Kier molecular flexibility index (Phi) is 4.48. The molecule has 4 nitrogen and oxygen atoms in total. The molecule has 1 rings (SSSR count). The van der Waals surface area contributed by atoms with Crippen LogP contribution in [0.2, 0.25) is 0 Å². The Labute approximate surface area is 107 Å². The zero-order chi connectivity index (χ0) is 13.8. The van der Waals surface area contributed by atoms with Crippen LogP contribution in [-0.2, 0) is 9.53 Å². The molecule has 0 aliphatic heterocycles. The number of Topliss-reactive ketones (excluding diaryl/α,β-unsaturated/α-hetero) is 1. The largest absolute Gasteiger partial charge is 0.476 e. The maximum Gasteiger partial charge on any atom is 0.349 e. The highest BCUT2D eigenvalue weighted by atomic mass is 16.6. The van der Waals surface area contributed by atoms with Crippen LogP contribution in [0.3, 0.4) is 0 Å². The van der Waals surface area contributed by atoms with E-state index in [0.29, 0.717) is 17.7 Å². The fraction of sp³-hybridized carbons (Fsp3) is 0.429. The van der Waals surface area contributed by atoms with E-state index in [9.17, 15) is 9.59 Å². The van der Waals surface area contributed by atoms with Crippen LogP contribution in [0.15, 0.2) is 24.3 Å². The maximum absolute atomic E-state index is 11.5. The number of ketones is 1. The molecule has 0 N–H and O–H groups in total. The second-order valence-corrected chi connectivity index (χ2v) is 4.41. The highest BCUT2D eigenvalue weighted by Crippen LogP contribution is 2.20. The molecule has 0 heterocycles. The van der Waals surface area contributed by atoms with E-state index in [-0.39, 0.29) is 5.78 Å². The number of hydrogen-bond donors (Lipinski definition) is 0. The number of methoxy groups -OCH3 is 1. The predicted octanol–water partition coefficient (Wildman–Crippen LogP) is 2.61. The van der Waals surface area contributed by atoms with Gasteiger partial charge < -0.3 is 9.47 Å². The molecule has 0 saturated heterocycles. The molecule has 1 aromatic carbocycles. The standard InChI is InChI=1S/C14H18O4/c1-5-12(15)10-6-8-11(9-7-10)18-14(2,3)13(16)17-4/h6-9H,5H2,1-4H3. The van der Waals surface area contributed by atoms with E-state index >= 15 is 0 Å². The first-order valence-electron chi connectivity index (χ1n) is 5.81. The normalized spacial score (nSPS) is 10.9. The van der Waals surface area contributed by atoms with Gasteiger partial charge in [0, 0.05) is 12.0 Å². The van der Waals surface area contributed by atoms with E-state index in [2.05, 4.69) is 4.74 Å². The minimum Gasteiger partial charge on any atom is -0.476 e. The number of carbonyl (C=O) groups excluding carboxylic acids is 2. The van der Waals surface area contributed by atoms with Crippen molar-refractivity contribution in [1.82, 2.24) is 0 Å². The fourth-order valence-electron chi connectivity index (χ4n) is 1.50. The van der Waals surface area contributed by atoms with Crippen LogP contribution >= 0.6 is 0 Å². The summed E-state index contributed by atoms with van der Waals surface area (Å²) < 4.78 is 10.2. The summed E-state index contributed by atoms with van der Waals surface area (Å²) in [6.07, 6.45) is 0.466. The van der Waals surface area contributed by atoms with Crippen molar-refractivity contribution >= 4 is 11.8 Å². The quantitative estimate of drug-likeness (QED) is 0.595. The Morgan fingerprint density at radius 3 is 2.17 bits per heavy atom. The molecule has 0 spiro atoms. The Hall–Kier alpha value is -1.84. The molecule has 0 radical (unpaired) electrons. The highest BCUT2D eigenvalue weighted by molar-refractivity contribution is 5.95. The van der Waals surface area contributed by atoms with Gasteiger partial charge in [0.05, 0.1) is 7.11 Å². The second-order valence-electron chi connectivity index (χ2n) is 4.41. The predicted molar refractivity (Wildman–Crippen MR) is 67.8 cm³/mol. The third-order valence-electron chi connectivity index (χ3n) is 2.55. The summed E-state index contributed by atoms with van der Waals surface area (Å²) in [5.74, 6) is 0.156. The number of esters is 1. The SMILES string of the molecule is CCC(=O)c1ccc(OC(C)(C)C(=O)OC)cc1. The van der Waals surface area contributed by atoms with Gasteiger partial charge in [-0.1, -0.05) is 6.92 Å². The van der Waals surface area contributed by atoms with Crippen molar-refractivity contribution in [1.29, 1.82) is 0 Å². The molecule has 1 aromatic rings. The average Bonchev–Trinajstić information content (AvgIpc) is 2.37. The number of ether oxygens (including phenoxy) is 2. The molecule has 0 saturated carbocycles. The lowest BCUT2D eigenvalue weighted by Crippen LogP contribution is -2.39. The third kappa shape index (κ3) is 3.32. The minimum atomic E-state index is -1.05. The summed E-state index contributed by atoms with van der Waals surface area (Å²) in [5.41, 5.74) is -0.411. The van der Waals surface area contributed by atoms with Crippen LogP contribution < -0.4 is 4.74 Å². The summed E-state index contributed by atoms with van der Waals surface area (Å²) in [6, 6.07) is 6.73. The fourth-order valence-corrected chi connectivity index (χ4v) is 1.50. The second kappa shape index (κ2) is 5.67. The molecule has 98 valence electrons. The Morgan fingerprint density at radius 1 is 1.17 bits per heavy atom. The van der Waals surface area contributed by atoms with E-state index in [0.717, 1.165) is 0 Å². The van der Waals surface area contributed by atoms with Crippen LogP contribution in [0.1, 0.15) is 37.6 Å². The van der Waals surface area contributed by atoms with Crippen molar-refractivity contribution in [2.45, 2.75) is 32.8 Å². The van der Waals surface area contributed by atoms with Gasteiger partial charge in [0.1, 0.15) is 5.75 Å². The zero-order valence-corrected chi connectivity index (χ0v) is 11.1. The van der Waals surface area contributed by atoms with Gasteiger partial charge in [-0.15, -0.1) is 0 Å². The molecule has 18 heavy (non-hydrogen) atoms. The third-order valence-corrected chi connectivity index (χ3v) is 2.55.